The van der Waals surface area contributed by atoms with E-state index in [1.54, 1.807) is 18.2 Å². The molecule has 5 heteroatoms. The molecule has 0 radical (unpaired) electrons. The molecule has 0 heterocycles. The van der Waals surface area contributed by atoms with Crippen LogP contribution in [0.15, 0.2) is 52.3 Å². The van der Waals surface area contributed by atoms with Gasteiger partial charge in [0.1, 0.15) is 11.5 Å². The first-order valence-corrected chi connectivity index (χ1v) is 8.66. The van der Waals surface area contributed by atoms with Gasteiger partial charge < -0.3 is 9.84 Å². The van der Waals surface area contributed by atoms with Gasteiger partial charge in [0.25, 0.3) is 0 Å². The van der Waals surface area contributed by atoms with Crippen molar-refractivity contribution in [2.75, 3.05) is 0 Å². The van der Waals surface area contributed by atoms with Gasteiger partial charge >= 0.3 is 0 Å². The fourth-order valence-electron chi connectivity index (χ4n) is 2.13. The fraction of sp³-hybridized carbons (Fsp3) is 0.294. The van der Waals surface area contributed by atoms with Gasteiger partial charge in [-0.05, 0) is 68.3 Å². The van der Waals surface area contributed by atoms with Crippen LogP contribution in [0.4, 0.5) is 0 Å². The van der Waals surface area contributed by atoms with Crippen molar-refractivity contribution in [3.63, 3.8) is 0 Å². The van der Waals surface area contributed by atoms with Gasteiger partial charge in [-0.1, -0.05) is 6.92 Å². The molecule has 0 amide bonds. The number of phenolic OH excluding ortho intramolecular Hbond substituents is 1. The smallest absolute Gasteiger partial charge is 0.206 e. The molecule has 0 atom stereocenters. The van der Waals surface area contributed by atoms with Crippen LogP contribution in [-0.4, -0.2) is 19.6 Å². The molecular formula is C17H20O4S. The summed E-state index contributed by atoms with van der Waals surface area (Å²) in [6, 6.07) is 10.4. The van der Waals surface area contributed by atoms with E-state index in [1.165, 1.54) is 24.3 Å². The third kappa shape index (κ3) is 3.42. The Kier molecular flexibility index (Phi) is 4.76. The zero-order chi connectivity index (χ0) is 16.3. The SMILES string of the molecule is CCc1cc(S(=O)(=O)c2ccc(O)cc2)ccc1OC(C)C. The summed E-state index contributed by atoms with van der Waals surface area (Å²) in [6.45, 7) is 5.82. The third-order valence-corrected chi connectivity index (χ3v) is 5.00. The molecule has 0 aliphatic rings. The Balaban J connectivity index is 2.45. The molecule has 0 aromatic heterocycles. The largest absolute Gasteiger partial charge is 0.508 e. The third-order valence-electron chi connectivity index (χ3n) is 3.23. The Bertz CT molecular complexity index is 747. The van der Waals surface area contributed by atoms with E-state index < -0.39 is 9.84 Å². The lowest BCUT2D eigenvalue weighted by Crippen LogP contribution is -2.08. The second-order valence-corrected chi connectivity index (χ2v) is 7.24. The first-order chi connectivity index (χ1) is 10.3. The second-order valence-electron chi connectivity index (χ2n) is 5.29. The van der Waals surface area contributed by atoms with Crippen LogP contribution < -0.4 is 4.74 Å². The molecule has 0 aliphatic carbocycles. The minimum atomic E-state index is -3.60. The lowest BCUT2D eigenvalue weighted by molar-refractivity contribution is 0.240. The van der Waals surface area contributed by atoms with E-state index in [0.29, 0.717) is 12.2 Å². The number of rotatable bonds is 5. The maximum Gasteiger partial charge on any atom is 0.206 e. The Morgan fingerprint density at radius 2 is 1.64 bits per heavy atom. The Morgan fingerprint density at radius 1 is 1.05 bits per heavy atom. The summed E-state index contributed by atoms with van der Waals surface area (Å²) < 4.78 is 30.9. The number of sulfone groups is 1. The van der Waals surface area contributed by atoms with Crippen molar-refractivity contribution in [1.82, 2.24) is 0 Å². The number of benzene rings is 2. The fourth-order valence-corrected chi connectivity index (χ4v) is 3.44. The summed E-state index contributed by atoms with van der Waals surface area (Å²) in [6.07, 6.45) is 0.714. The maximum atomic E-state index is 12.6. The summed E-state index contributed by atoms with van der Waals surface area (Å²) in [7, 11) is -3.60. The number of hydrogen-bond acceptors (Lipinski definition) is 4. The van der Waals surface area contributed by atoms with Crippen LogP contribution >= 0.6 is 0 Å². The highest BCUT2D eigenvalue weighted by Gasteiger charge is 2.19. The van der Waals surface area contributed by atoms with Crippen molar-refractivity contribution >= 4 is 9.84 Å². The van der Waals surface area contributed by atoms with E-state index in [2.05, 4.69) is 0 Å². The lowest BCUT2D eigenvalue weighted by Gasteiger charge is -2.15. The van der Waals surface area contributed by atoms with E-state index in [4.69, 9.17) is 4.74 Å². The highest BCUT2D eigenvalue weighted by Crippen LogP contribution is 2.28. The second kappa shape index (κ2) is 6.40. The van der Waals surface area contributed by atoms with Crippen LogP contribution in [0.5, 0.6) is 11.5 Å². The summed E-state index contributed by atoms with van der Waals surface area (Å²) >= 11 is 0. The van der Waals surface area contributed by atoms with Crippen molar-refractivity contribution in [3.05, 3.63) is 48.0 Å². The summed E-state index contributed by atoms with van der Waals surface area (Å²) in [5, 5.41) is 9.28. The Morgan fingerprint density at radius 3 is 2.18 bits per heavy atom. The molecule has 0 saturated carbocycles. The molecule has 0 aliphatic heterocycles. The first kappa shape index (κ1) is 16.4. The molecule has 0 unspecified atom stereocenters. The van der Waals surface area contributed by atoms with Crippen LogP contribution in [-0.2, 0) is 16.3 Å². The molecule has 2 aromatic carbocycles. The quantitative estimate of drug-likeness (QED) is 0.914. The lowest BCUT2D eigenvalue weighted by atomic mass is 10.1. The van der Waals surface area contributed by atoms with Gasteiger partial charge in [-0.25, -0.2) is 8.42 Å². The number of ether oxygens (including phenoxy) is 1. The van der Waals surface area contributed by atoms with Gasteiger partial charge in [0.15, 0.2) is 0 Å². The topological polar surface area (TPSA) is 63.6 Å². The van der Waals surface area contributed by atoms with E-state index in [-0.39, 0.29) is 21.6 Å². The minimum absolute atomic E-state index is 0.0323. The molecule has 0 bridgehead atoms. The van der Waals surface area contributed by atoms with Crippen molar-refractivity contribution in [1.29, 1.82) is 0 Å². The summed E-state index contributed by atoms with van der Waals surface area (Å²) in [5.74, 6) is 0.746. The Hall–Kier alpha value is -2.01. The predicted molar refractivity (Wildman–Crippen MR) is 85.1 cm³/mol. The number of hydrogen-bond donors (Lipinski definition) is 1. The van der Waals surface area contributed by atoms with Gasteiger partial charge in [-0.3, -0.25) is 0 Å². The normalized spacial score (nSPS) is 11.6. The Labute approximate surface area is 131 Å². The molecule has 0 spiro atoms. The summed E-state index contributed by atoms with van der Waals surface area (Å²) in [4.78, 5) is 0.385. The zero-order valence-corrected chi connectivity index (χ0v) is 13.7. The van der Waals surface area contributed by atoms with Gasteiger partial charge in [-0.15, -0.1) is 0 Å². The average molecular weight is 320 g/mol. The van der Waals surface area contributed by atoms with E-state index in [0.717, 1.165) is 5.56 Å². The van der Waals surface area contributed by atoms with Gasteiger partial charge in [0.2, 0.25) is 9.84 Å². The van der Waals surface area contributed by atoms with Gasteiger partial charge in [-0.2, -0.15) is 0 Å². The van der Waals surface area contributed by atoms with Crippen LogP contribution in [0, 0.1) is 0 Å². The molecule has 1 N–H and O–H groups in total. The molecular weight excluding hydrogens is 300 g/mol. The number of phenols is 1. The van der Waals surface area contributed by atoms with Crippen LogP contribution in [0.2, 0.25) is 0 Å². The van der Waals surface area contributed by atoms with Gasteiger partial charge in [0.05, 0.1) is 15.9 Å². The molecule has 2 rings (SSSR count). The number of aromatic hydroxyl groups is 1. The van der Waals surface area contributed by atoms with Crippen LogP contribution in [0.1, 0.15) is 26.3 Å². The average Bonchev–Trinajstić information content (AvgIpc) is 2.47. The van der Waals surface area contributed by atoms with Gasteiger partial charge in [0, 0.05) is 0 Å². The molecule has 118 valence electrons. The van der Waals surface area contributed by atoms with Crippen molar-refractivity contribution < 1.29 is 18.3 Å². The molecule has 0 fully saturated rings. The predicted octanol–water partition coefficient (Wildman–Crippen LogP) is 3.57. The highest BCUT2D eigenvalue weighted by atomic mass is 32.2. The first-order valence-electron chi connectivity index (χ1n) is 7.18. The highest BCUT2D eigenvalue weighted by molar-refractivity contribution is 7.91. The van der Waals surface area contributed by atoms with E-state index in [1.807, 2.05) is 20.8 Å². The van der Waals surface area contributed by atoms with E-state index in [9.17, 15) is 13.5 Å². The van der Waals surface area contributed by atoms with Crippen molar-refractivity contribution in [2.45, 2.75) is 43.1 Å². The number of aryl methyl sites for hydroxylation is 1. The van der Waals surface area contributed by atoms with E-state index >= 15 is 0 Å². The summed E-state index contributed by atoms with van der Waals surface area (Å²) in [5.41, 5.74) is 0.855. The minimum Gasteiger partial charge on any atom is -0.508 e. The molecule has 2 aromatic rings. The van der Waals surface area contributed by atoms with Crippen LogP contribution in [0.25, 0.3) is 0 Å². The standard InChI is InChI=1S/C17H20O4S/c1-4-13-11-16(9-10-17(13)21-12(2)3)22(19,20)15-7-5-14(18)6-8-15/h5-12,18H,4H2,1-3H3. The molecule has 4 nitrogen and oxygen atoms in total. The maximum absolute atomic E-state index is 12.6. The monoisotopic (exact) mass is 320 g/mol. The van der Waals surface area contributed by atoms with Crippen molar-refractivity contribution in [3.8, 4) is 11.5 Å². The molecule has 0 saturated heterocycles. The van der Waals surface area contributed by atoms with Crippen LogP contribution in [0.3, 0.4) is 0 Å². The zero-order valence-electron chi connectivity index (χ0n) is 12.9. The molecule has 22 heavy (non-hydrogen) atoms. The van der Waals surface area contributed by atoms with Crippen molar-refractivity contribution in [2.24, 2.45) is 0 Å².